The predicted octanol–water partition coefficient (Wildman–Crippen LogP) is 3.54. The van der Waals surface area contributed by atoms with Crippen molar-refractivity contribution in [1.29, 1.82) is 0 Å². The average molecular weight is 402 g/mol. The van der Waals surface area contributed by atoms with Crippen LogP contribution in [0.3, 0.4) is 0 Å². The van der Waals surface area contributed by atoms with Crippen molar-refractivity contribution in [2.45, 2.75) is 32.4 Å². The molecule has 1 fully saturated rings. The maximum Gasteiger partial charge on any atom is 0.328 e. The van der Waals surface area contributed by atoms with Crippen molar-refractivity contribution in [3.63, 3.8) is 0 Å². The van der Waals surface area contributed by atoms with E-state index in [1.54, 1.807) is 19.1 Å². The van der Waals surface area contributed by atoms with E-state index in [1.807, 2.05) is 30.3 Å². The molecule has 28 heavy (non-hydrogen) atoms. The van der Waals surface area contributed by atoms with Crippen molar-refractivity contribution in [2.24, 2.45) is 0 Å². The standard InChI is InChI=1S/C21H24ClN3O3/c1-15(21(27)28-2)25(14-16-8-4-3-5-9-16)20(26)17-12-18(22)23-19(13-17)24-10-6-7-11-24/h3-5,8-9,12-13,15H,6-7,10-11,14H2,1-2H3/t15-/m0/s1. The summed E-state index contributed by atoms with van der Waals surface area (Å²) in [5.74, 6) is -0.0607. The Morgan fingerprint density at radius 2 is 1.89 bits per heavy atom. The van der Waals surface area contributed by atoms with Crippen molar-refractivity contribution in [3.05, 3.63) is 58.7 Å². The van der Waals surface area contributed by atoms with Crippen molar-refractivity contribution in [3.8, 4) is 0 Å². The number of anilines is 1. The first kappa shape index (κ1) is 20.1. The summed E-state index contributed by atoms with van der Waals surface area (Å²) in [5.41, 5.74) is 1.33. The number of pyridine rings is 1. The molecule has 7 heteroatoms. The second kappa shape index (κ2) is 9.06. The van der Waals surface area contributed by atoms with Crippen LogP contribution >= 0.6 is 11.6 Å². The number of esters is 1. The highest BCUT2D eigenvalue weighted by molar-refractivity contribution is 6.30. The third kappa shape index (κ3) is 4.62. The van der Waals surface area contributed by atoms with E-state index in [1.165, 1.54) is 12.0 Å². The Hall–Kier alpha value is -2.60. The number of methoxy groups -OCH3 is 1. The Morgan fingerprint density at radius 3 is 2.54 bits per heavy atom. The molecule has 1 aliphatic rings. The van der Waals surface area contributed by atoms with Gasteiger partial charge in [-0.2, -0.15) is 0 Å². The van der Waals surface area contributed by atoms with Crippen LogP contribution in [-0.2, 0) is 16.1 Å². The maximum absolute atomic E-state index is 13.3. The summed E-state index contributed by atoms with van der Waals surface area (Å²) < 4.78 is 4.87. The van der Waals surface area contributed by atoms with Gasteiger partial charge in [0.25, 0.3) is 5.91 Å². The van der Waals surface area contributed by atoms with Gasteiger partial charge in [0.1, 0.15) is 17.0 Å². The van der Waals surface area contributed by atoms with Crippen molar-refractivity contribution >= 4 is 29.3 Å². The Balaban J connectivity index is 1.92. The number of amides is 1. The SMILES string of the molecule is COC(=O)[C@H](C)N(Cc1ccccc1)C(=O)c1cc(Cl)nc(N2CCCC2)c1. The van der Waals surface area contributed by atoms with Gasteiger partial charge in [0.15, 0.2) is 0 Å². The quantitative estimate of drug-likeness (QED) is 0.547. The number of aromatic nitrogens is 1. The van der Waals surface area contributed by atoms with Crippen molar-refractivity contribution in [2.75, 3.05) is 25.1 Å². The number of hydrogen-bond donors (Lipinski definition) is 0. The fraction of sp³-hybridized carbons (Fsp3) is 0.381. The van der Waals surface area contributed by atoms with Crippen molar-refractivity contribution in [1.82, 2.24) is 9.88 Å². The third-order valence-electron chi connectivity index (χ3n) is 4.92. The molecule has 0 unspecified atom stereocenters. The number of hydrogen-bond acceptors (Lipinski definition) is 5. The fourth-order valence-electron chi connectivity index (χ4n) is 3.34. The number of halogens is 1. The Morgan fingerprint density at radius 1 is 1.21 bits per heavy atom. The van der Waals surface area contributed by atoms with E-state index in [0.717, 1.165) is 31.5 Å². The van der Waals surface area contributed by atoms with Gasteiger partial charge in [-0.1, -0.05) is 41.9 Å². The first-order valence-corrected chi connectivity index (χ1v) is 9.72. The summed E-state index contributed by atoms with van der Waals surface area (Å²) in [4.78, 5) is 33.5. The molecular weight excluding hydrogens is 378 g/mol. The zero-order valence-electron chi connectivity index (χ0n) is 16.1. The van der Waals surface area contributed by atoms with E-state index in [-0.39, 0.29) is 17.6 Å². The second-order valence-corrected chi connectivity index (χ2v) is 7.24. The second-order valence-electron chi connectivity index (χ2n) is 6.85. The molecule has 0 aliphatic carbocycles. The molecule has 1 amide bonds. The molecule has 0 bridgehead atoms. The van der Waals surface area contributed by atoms with Gasteiger partial charge in [-0.25, -0.2) is 9.78 Å². The van der Waals surface area contributed by atoms with Crippen LogP contribution in [-0.4, -0.2) is 48.0 Å². The van der Waals surface area contributed by atoms with E-state index in [0.29, 0.717) is 11.4 Å². The lowest BCUT2D eigenvalue weighted by Crippen LogP contribution is -2.43. The van der Waals surface area contributed by atoms with Gasteiger partial charge in [-0.15, -0.1) is 0 Å². The highest BCUT2D eigenvalue weighted by Gasteiger charge is 2.28. The highest BCUT2D eigenvalue weighted by Crippen LogP contribution is 2.24. The number of carbonyl (C=O) groups is 2. The molecule has 1 saturated heterocycles. The minimum Gasteiger partial charge on any atom is -0.467 e. The lowest BCUT2D eigenvalue weighted by Gasteiger charge is -2.28. The lowest BCUT2D eigenvalue weighted by molar-refractivity contribution is -0.145. The van der Waals surface area contributed by atoms with E-state index < -0.39 is 12.0 Å². The summed E-state index contributed by atoms with van der Waals surface area (Å²) >= 11 is 6.21. The van der Waals surface area contributed by atoms with Crippen LogP contribution in [0.4, 0.5) is 5.82 Å². The van der Waals surface area contributed by atoms with E-state index >= 15 is 0 Å². The van der Waals surface area contributed by atoms with Gasteiger partial charge in [-0.05, 0) is 37.5 Å². The van der Waals surface area contributed by atoms with Gasteiger partial charge in [0.2, 0.25) is 0 Å². The average Bonchev–Trinajstić information content (AvgIpc) is 3.25. The number of carbonyl (C=O) groups excluding carboxylic acids is 2. The molecule has 1 aromatic carbocycles. The molecule has 1 aromatic heterocycles. The van der Waals surface area contributed by atoms with Crippen LogP contribution in [0.5, 0.6) is 0 Å². The Bertz CT molecular complexity index is 838. The van der Waals surface area contributed by atoms with Gasteiger partial charge < -0.3 is 14.5 Å². The molecule has 0 saturated carbocycles. The molecule has 0 radical (unpaired) electrons. The summed E-state index contributed by atoms with van der Waals surface area (Å²) in [6.07, 6.45) is 2.19. The van der Waals surface area contributed by atoms with Crippen LogP contribution in [0.1, 0.15) is 35.7 Å². The summed E-state index contributed by atoms with van der Waals surface area (Å²) in [5, 5.41) is 0.262. The summed E-state index contributed by atoms with van der Waals surface area (Å²) in [6.45, 7) is 3.74. The summed E-state index contributed by atoms with van der Waals surface area (Å²) in [6, 6.07) is 12.1. The van der Waals surface area contributed by atoms with Crippen LogP contribution in [0.25, 0.3) is 0 Å². The molecule has 2 aromatic rings. The fourth-order valence-corrected chi connectivity index (χ4v) is 3.55. The topological polar surface area (TPSA) is 62.7 Å². The van der Waals surface area contributed by atoms with Crippen LogP contribution in [0.15, 0.2) is 42.5 Å². The molecule has 6 nitrogen and oxygen atoms in total. The number of nitrogens with zero attached hydrogens (tertiary/aromatic N) is 3. The van der Waals surface area contributed by atoms with Crippen LogP contribution in [0.2, 0.25) is 5.15 Å². The molecule has 2 heterocycles. The minimum absolute atomic E-state index is 0.262. The highest BCUT2D eigenvalue weighted by atomic mass is 35.5. The predicted molar refractivity (Wildman–Crippen MR) is 108 cm³/mol. The van der Waals surface area contributed by atoms with E-state index in [2.05, 4.69) is 9.88 Å². The molecule has 148 valence electrons. The molecule has 1 aliphatic heterocycles. The largest absolute Gasteiger partial charge is 0.467 e. The number of rotatable bonds is 6. The van der Waals surface area contributed by atoms with Gasteiger partial charge in [-0.3, -0.25) is 4.79 Å². The van der Waals surface area contributed by atoms with Crippen LogP contribution < -0.4 is 4.90 Å². The monoisotopic (exact) mass is 401 g/mol. The molecule has 1 atom stereocenters. The first-order valence-electron chi connectivity index (χ1n) is 9.35. The van der Waals surface area contributed by atoms with Gasteiger partial charge in [0.05, 0.1) is 7.11 Å². The van der Waals surface area contributed by atoms with Gasteiger partial charge in [0, 0.05) is 25.2 Å². The molecular formula is C21H24ClN3O3. The third-order valence-corrected chi connectivity index (χ3v) is 5.12. The molecule has 3 rings (SSSR count). The first-order chi connectivity index (χ1) is 13.5. The van der Waals surface area contributed by atoms with Gasteiger partial charge >= 0.3 is 5.97 Å². The Labute approximate surface area is 170 Å². The number of benzene rings is 1. The zero-order valence-corrected chi connectivity index (χ0v) is 16.9. The Kier molecular flexibility index (Phi) is 6.52. The number of ether oxygens (including phenoxy) is 1. The lowest BCUT2D eigenvalue weighted by atomic mass is 10.1. The molecule has 0 N–H and O–H groups in total. The van der Waals surface area contributed by atoms with E-state index in [9.17, 15) is 9.59 Å². The zero-order chi connectivity index (χ0) is 20.1. The van der Waals surface area contributed by atoms with Crippen LogP contribution in [0, 0.1) is 0 Å². The smallest absolute Gasteiger partial charge is 0.328 e. The summed E-state index contributed by atoms with van der Waals surface area (Å²) in [7, 11) is 1.32. The van der Waals surface area contributed by atoms with E-state index in [4.69, 9.17) is 16.3 Å². The maximum atomic E-state index is 13.3. The minimum atomic E-state index is -0.736. The van der Waals surface area contributed by atoms with Crippen molar-refractivity contribution < 1.29 is 14.3 Å². The molecule has 0 spiro atoms. The normalized spacial score (nSPS) is 14.6.